The summed E-state index contributed by atoms with van der Waals surface area (Å²) in [5, 5.41) is 9.56. The molecule has 0 amide bonds. The fourth-order valence-electron chi connectivity index (χ4n) is 1.82. The first-order valence-electron chi connectivity index (χ1n) is 7.94. The van der Waals surface area contributed by atoms with Crippen molar-refractivity contribution in [2.75, 3.05) is 7.11 Å². The van der Waals surface area contributed by atoms with E-state index in [1.807, 2.05) is 0 Å². The van der Waals surface area contributed by atoms with Crippen molar-refractivity contribution < 1.29 is 14.6 Å². The molecule has 0 saturated carbocycles. The molecule has 0 bridgehead atoms. The molecule has 1 atom stereocenters. The number of unbranched alkanes of at least 4 members (excludes halogenated alkanes) is 6. The molecule has 0 saturated heterocycles. The maximum atomic E-state index is 10.9. The Kier molecular flexibility index (Phi) is 13.9. The Morgan fingerprint density at radius 2 is 1.86 bits per heavy atom. The minimum absolute atomic E-state index is 0.137. The number of hydrogen-bond donors (Lipinski definition) is 1. The SMILES string of the molecule is CCCCC[C@H](O)C#CC#CCCCCCCC(=O)OC. The fraction of sp³-hybridized carbons (Fsp3) is 0.722. The van der Waals surface area contributed by atoms with Crippen LogP contribution in [-0.2, 0) is 9.53 Å². The standard InChI is InChI=1S/C18H28O3/c1-3-4-11-14-17(19)15-12-9-7-5-6-8-10-13-16-18(20)21-2/h17,19H,3-6,8,10-11,13-14,16H2,1-2H3/t17-/m0/s1. The van der Waals surface area contributed by atoms with Gasteiger partial charge < -0.3 is 9.84 Å². The first kappa shape index (κ1) is 19.6. The molecule has 1 N–H and O–H groups in total. The maximum Gasteiger partial charge on any atom is 0.305 e. The lowest BCUT2D eigenvalue weighted by atomic mass is 10.1. The molecule has 3 nitrogen and oxygen atoms in total. The van der Waals surface area contributed by atoms with E-state index in [1.54, 1.807) is 0 Å². The van der Waals surface area contributed by atoms with E-state index in [0.29, 0.717) is 6.42 Å². The van der Waals surface area contributed by atoms with Crippen LogP contribution in [0.1, 0.15) is 71.1 Å². The van der Waals surface area contributed by atoms with Gasteiger partial charge in [-0.25, -0.2) is 0 Å². The van der Waals surface area contributed by atoms with Gasteiger partial charge in [-0.05, 0) is 37.5 Å². The molecule has 0 fully saturated rings. The van der Waals surface area contributed by atoms with Crippen molar-refractivity contribution in [3.63, 3.8) is 0 Å². The van der Waals surface area contributed by atoms with Gasteiger partial charge in [0.25, 0.3) is 0 Å². The average molecular weight is 292 g/mol. The molecular weight excluding hydrogens is 264 g/mol. The second-order valence-electron chi connectivity index (χ2n) is 5.07. The van der Waals surface area contributed by atoms with Gasteiger partial charge in [0.2, 0.25) is 0 Å². The van der Waals surface area contributed by atoms with Gasteiger partial charge in [-0.1, -0.05) is 44.4 Å². The number of carbonyl (C=O) groups excluding carboxylic acids is 1. The topological polar surface area (TPSA) is 46.5 Å². The van der Waals surface area contributed by atoms with Crippen LogP contribution in [0.5, 0.6) is 0 Å². The van der Waals surface area contributed by atoms with Crippen molar-refractivity contribution in [2.45, 2.75) is 77.2 Å². The third kappa shape index (κ3) is 14.8. The van der Waals surface area contributed by atoms with E-state index in [1.165, 1.54) is 7.11 Å². The monoisotopic (exact) mass is 292 g/mol. The number of methoxy groups -OCH3 is 1. The van der Waals surface area contributed by atoms with Crippen LogP contribution in [0.4, 0.5) is 0 Å². The van der Waals surface area contributed by atoms with Crippen molar-refractivity contribution in [1.29, 1.82) is 0 Å². The van der Waals surface area contributed by atoms with Gasteiger partial charge in [0.05, 0.1) is 7.11 Å². The number of aliphatic hydroxyl groups excluding tert-OH is 1. The Bertz CT molecular complexity index is 379. The Morgan fingerprint density at radius 3 is 2.57 bits per heavy atom. The number of esters is 1. The summed E-state index contributed by atoms with van der Waals surface area (Å²) in [4.78, 5) is 10.9. The summed E-state index contributed by atoms with van der Waals surface area (Å²) in [7, 11) is 1.42. The highest BCUT2D eigenvalue weighted by atomic mass is 16.5. The molecule has 0 aromatic heterocycles. The van der Waals surface area contributed by atoms with Crippen molar-refractivity contribution in [2.24, 2.45) is 0 Å². The molecule has 3 heteroatoms. The molecule has 0 aromatic carbocycles. The van der Waals surface area contributed by atoms with E-state index in [-0.39, 0.29) is 5.97 Å². The van der Waals surface area contributed by atoms with Crippen LogP contribution >= 0.6 is 0 Å². The van der Waals surface area contributed by atoms with Gasteiger partial charge >= 0.3 is 5.97 Å². The summed E-state index contributed by atoms with van der Waals surface area (Å²) in [6, 6.07) is 0. The summed E-state index contributed by atoms with van der Waals surface area (Å²) in [6.07, 6.45) is 8.83. The molecule has 0 aliphatic carbocycles. The summed E-state index contributed by atoms with van der Waals surface area (Å²) in [5.74, 6) is 11.1. The molecule has 118 valence electrons. The van der Waals surface area contributed by atoms with Gasteiger partial charge in [0, 0.05) is 12.8 Å². The van der Waals surface area contributed by atoms with E-state index in [0.717, 1.165) is 57.8 Å². The predicted molar refractivity (Wildman–Crippen MR) is 85.4 cm³/mol. The highest BCUT2D eigenvalue weighted by Gasteiger charge is 1.98. The van der Waals surface area contributed by atoms with E-state index >= 15 is 0 Å². The Balaban J connectivity index is 3.51. The normalized spacial score (nSPS) is 10.8. The van der Waals surface area contributed by atoms with Crippen LogP contribution in [0.15, 0.2) is 0 Å². The Hall–Kier alpha value is -1.45. The van der Waals surface area contributed by atoms with Crippen LogP contribution in [0, 0.1) is 23.7 Å². The Morgan fingerprint density at radius 1 is 1.10 bits per heavy atom. The zero-order valence-electron chi connectivity index (χ0n) is 13.4. The number of aliphatic hydroxyl groups is 1. The Labute approximate surface area is 129 Å². The zero-order chi connectivity index (χ0) is 15.8. The molecule has 21 heavy (non-hydrogen) atoms. The summed E-state index contributed by atoms with van der Waals surface area (Å²) in [5.41, 5.74) is 0. The van der Waals surface area contributed by atoms with Gasteiger partial charge in [-0.15, -0.1) is 0 Å². The van der Waals surface area contributed by atoms with Gasteiger partial charge in [0.15, 0.2) is 0 Å². The van der Waals surface area contributed by atoms with E-state index in [9.17, 15) is 9.90 Å². The van der Waals surface area contributed by atoms with Crippen LogP contribution < -0.4 is 0 Å². The molecule has 0 unspecified atom stereocenters. The second kappa shape index (κ2) is 14.9. The molecule has 0 aromatic rings. The molecule has 0 aliphatic rings. The lowest BCUT2D eigenvalue weighted by molar-refractivity contribution is -0.140. The molecule has 0 heterocycles. The molecule has 0 rings (SSSR count). The van der Waals surface area contributed by atoms with Gasteiger partial charge in [-0.3, -0.25) is 4.79 Å². The third-order valence-corrected chi connectivity index (χ3v) is 3.13. The quantitative estimate of drug-likeness (QED) is 0.381. The smallest absolute Gasteiger partial charge is 0.305 e. The van der Waals surface area contributed by atoms with Crippen molar-refractivity contribution in [3.05, 3.63) is 0 Å². The molecular formula is C18H28O3. The van der Waals surface area contributed by atoms with E-state index in [4.69, 9.17) is 0 Å². The summed E-state index contributed by atoms with van der Waals surface area (Å²) < 4.78 is 4.58. The highest BCUT2D eigenvalue weighted by Crippen LogP contribution is 2.05. The van der Waals surface area contributed by atoms with Crippen LogP contribution in [0.3, 0.4) is 0 Å². The van der Waals surface area contributed by atoms with Crippen molar-refractivity contribution in [3.8, 4) is 23.7 Å². The highest BCUT2D eigenvalue weighted by molar-refractivity contribution is 5.68. The van der Waals surface area contributed by atoms with Crippen molar-refractivity contribution >= 4 is 5.97 Å². The predicted octanol–water partition coefficient (Wildman–Crippen LogP) is 3.45. The lowest BCUT2D eigenvalue weighted by Crippen LogP contribution is -2.01. The number of rotatable bonds is 10. The summed E-state index contributed by atoms with van der Waals surface area (Å²) in [6.45, 7) is 2.14. The number of carbonyl (C=O) groups is 1. The minimum atomic E-state index is -0.538. The van der Waals surface area contributed by atoms with Gasteiger partial charge in [0.1, 0.15) is 6.10 Å². The van der Waals surface area contributed by atoms with Crippen LogP contribution in [-0.4, -0.2) is 24.3 Å². The summed E-state index contributed by atoms with van der Waals surface area (Å²) >= 11 is 0. The fourth-order valence-corrected chi connectivity index (χ4v) is 1.82. The lowest BCUT2D eigenvalue weighted by Gasteiger charge is -2.00. The van der Waals surface area contributed by atoms with Crippen molar-refractivity contribution in [1.82, 2.24) is 0 Å². The molecule has 0 radical (unpaired) electrons. The molecule has 0 spiro atoms. The van der Waals surface area contributed by atoms with E-state index < -0.39 is 6.10 Å². The van der Waals surface area contributed by atoms with Gasteiger partial charge in [-0.2, -0.15) is 0 Å². The maximum absolute atomic E-state index is 10.9. The minimum Gasteiger partial charge on any atom is -0.469 e. The first-order valence-corrected chi connectivity index (χ1v) is 7.94. The largest absolute Gasteiger partial charge is 0.469 e. The van der Waals surface area contributed by atoms with E-state index in [2.05, 4.69) is 35.3 Å². The third-order valence-electron chi connectivity index (χ3n) is 3.13. The number of hydrogen-bond acceptors (Lipinski definition) is 3. The number of ether oxygens (including phenoxy) is 1. The average Bonchev–Trinajstić information content (AvgIpc) is 2.49. The first-order chi connectivity index (χ1) is 10.2. The molecule has 0 aliphatic heterocycles. The zero-order valence-corrected chi connectivity index (χ0v) is 13.4. The second-order valence-corrected chi connectivity index (χ2v) is 5.07. The van der Waals surface area contributed by atoms with Crippen LogP contribution in [0.2, 0.25) is 0 Å². The van der Waals surface area contributed by atoms with Crippen LogP contribution in [0.25, 0.3) is 0 Å².